The Balaban J connectivity index is 1.73. The van der Waals surface area contributed by atoms with Gasteiger partial charge in [0.05, 0.1) is 22.3 Å². The first-order valence-corrected chi connectivity index (χ1v) is 6.72. The summed E-state index contributed by atoms with van der Waals surface area (Å²) in [6, 6.07) is 0. The van der Waals surface area contributed by atoms with Crippen LogP contribution >= 0.6 is 11.3 Å². The number of nitrogens with zero attached hydrogens (tertiary/aromatic N) is 4. The van der Waals surface area contributed by atoms with Crippen molar-refractivity contribution < 1.29 is 0 Å². The molecular weight excluding hydrogens is 262 g/mol. The number of aromatic nitrogens is 5. The van der Waals surface area contributed by atoms with Gasteiger partial charge in [-0.3, -0.25) is 5.10 Å². The Morgan fingerprint density at radius 2 is 2.26 bits per heavy atom. The van der Waals surface area contributed by atoms with Crippen molar-refractivity contribution in [3.63, 3.8) is 0 Å². The Labute approximate surface area is 113 Å². The van der Waals surface area contributed by atoms with Crippen molar-refractivity contribution in [2.45, 2.75) is 13.3 Å². The van der Waals surface area contributed by atoms with Gasteiger partial charge >= 0.3 is 0 Å². The van der Waals surface area contributed by atoms with Gasteiger partial charge in [0.2, 0.25) is 5.95 Å². The number of rotatable bonds is 4. The fourth-order valence-corrected chi connectivity index (χ4v) is 2.47. The average molecular weight is 275 g/mol. The zero-order valence-electron chi connectivity index (χ0n) is 10.3. The first-order valence-electron chi connectivity index (χ1n) is 5.84. The summed E-state index contributed by atoms with van der Waals surface area (Å²) in [4.78, 5) is 12.7. The number of nitrogens with two attached hydrogens (primary N) is 1. The van der Waals surface area contributed by atoms with Crippen LogP contribution in [0.3, 0.4) is 0 Å². The fraction of sp³-hybridized carbons (Fsp3) is 0.273. The molecule has 0 aliphatic carbocycles. The third-order valence-corrected chi connectivity index (χ3v) is 3.49. The van der Waals surface area contributed by atoms with Crippen molar-refractivity contribution in [1.29, 1.82) is 0 Å². The molecule has 3 heterocycles. The van der Waals surface area contributed by atoms with Crippen molar-refractivity contribution in [3.8, 4) is 0 Å². The lowest BCUT2D eigenvalue weighted by Gasteiger charge is -2.05. The van der Waals surface area contributed by atoms with Crippen LogP contribution in [0.4, 0.5) is 11.8 Å². The molecule has 0 spiro atoms. The number of H-pyrrole nitrogens is 1. The number of nitrogen functional groups attached to an aromatic ring is 1. The molecule has 0 amide bonds. The molecule has 0 bridgehead atoms. The van der Waals surface area contributed by atoms with E-state index in [9.17, 15) is 0 Å². The molecule has 19 heavy (non-hydrogen) atoms. The molecule has 3 aromatic rings. The van der Waals surface area contributed by atoms with Gasteiger partial charge in [-0.1, -0.05) is 0 Å². The summed E-state index contributed by atoms with van der Waals surface area (Å²) in [5, 5.41) is 14.0. The molecule has 0 unspecified atom stereocenters. The van der Waals surface area contributed by atoms with E-state index in [1.165, 1.54) is 0 Å². The summed E-state index contributed by atoms with van der Waals surface area (Å²) in [6.45, 7) is 2.74. The van der Waals surface area contributed by atoms with Crippen LogP contribution in [0.15, 0.2) is 11.6 Å². The van der Waals surface area contributed by atoms with Gasteiger partial charge in [-0.2, -0.15) is 15.1 Å². The molecule has 3 rings (SSSR count). The minimum absolute atomic E-state index is 0.226. The maximum absolute atomic E-state index is 5.65. The van der Waals surface area contributed by atoms with Crippen LogP contribution < -0.4 is 11.1 Å². The Morgan fingerprint density at radius 1 is 1.37 bits per heavy atom. The molecule has 0 aromatic carbocycles. The van der Waals surface area contributed by atoms with E-state index in [4.69, 9.17) is 5.73 Å². The number of thiazole rings is 1. The van der Waals surface area contributed by atoms with Crippen LogP contribution in [0.5, 0.6) is 0 Å². The Bertz CT molecular complexity index is 702. The van der Waals surface area contributed by atoms with E-state index in [-0.39, 0.29) is 5.95 Å². The number of nitrogens with one attached hydrogen (secondary N) is 2. The molecule has 7 nitrogen and oxygen atoms in total. The van der Waals surface area contributed by atoms with Crippen LogP contribution in [-0.2, 0) is 6.42 Å². The predicted octanol–water partition coefficient (Wildman–Crippen LogP) is 1.35. The van der Waals surface area contributed by atoms with Crippen LogP contribution in [0, 0.1) is 6.92 Å². The standard InChI is InChI=1S/C11H13N7S/c1-6-15-7(5-19-6)2-3-13-9-8-4-14-18-10(8)17-11(12)16-9/h4-5H,2-3H2,1H3,(H4,12,13,14,16,17,18). The number of fused-ring (bicyclic) bond motifs is 1. The van der Waals surface area contributed by atoms with Crippen molar-refractivity contribution in [3.05, 3.63) is 22.3 Å². The van der Waals surface area contributed by atoms with E-state index in [2.05, 4.69) is 35.8 Å². The quantitative estimate of drug-likeness (QED) is 0.664. The number of anilines is 2. The van der Waals surface area contributed by atoms with E-state index in [0.717, 1.165) is 29.1 Å². The summed E-state index contributed by atoms with van der Waals surface area (Å²) in [5.74, 6) is 0.923. The van der Waals surface area contributed by atoms with E-state index >= 15 is 0 Å². The van der Waals surface area contributed by atoms with E-state index in [0.29, 0.717) is 11.5 Å². The van der Waals surface area contributed by atoms with Crippen LogP contribution in [0.25, 0.3) is 11.0 Å². The molecular formula is C11H13N7S. The molecule has 0 fully saturated rings. The van der Waals surface area contributed by atoms with Crippen LogP contribution in [0.1, 0.15) is 10.7 Å². The molecule has 0 radical (unpaired) electrons. The fourth-order valence-electron chi connectivity index (χ4n) is 1.82. The van der Waals surface area contributed by atoms with Crippen molar-refractivity contribution in [1.82, 2.24) is 25.1 Å². The van der Waals surface area contributed by atoms with Crippen molar-refractivity contribution in [2.24, 2.45) is 0 Å². The van der Waals surface area contributed by atoms with Gasteiger partial charge in [0.1, 0.15) is 5.82 Å². The molecule has 3 aromatic heterocycles. The summed E-state index contributed by atoms with van der Waals surface area (Å²) >= 11 is 1.66. The Kier molecular flexibility index (Phi) is 3.00. The SMILES string of the molecule is Cc1nc(CCNc2nc(N)nc3[nH]ncc23)cs1. The maximum Gasteiger partial charge on any atom is 0.224 e. The van der Waals surface area contributed by atoms with Gasteiger partial charge in [0.25, 0.3) is 0 Å². The first kappa shape index (κ1) is 11.8. The number of hydrogen-bond donors (Lipinski definition) is 3. The average Bonchev–Trinajstić information content (AvgIpc) is 2.98. The molecule has 0 aliphatic rings. The monoisotopic (exact) mass is 275 g/mol. The second-order valence-electron chi connectivity index (χ2n) is 4.10. The second kappa shape index (κ2) is 4.81. The highest BCUT2D eigenvalue weighted by molar-refractivity contribution is 7.09. The molecule has 0 saturated carbocycles. The van der Waals surface area contributed by atoms with E-state index in [1.54, 1.807) is 17.5 Å². The molecule has 0 saturated heterocycles. The van der Waals surface area contributed by atoms with Gasteiger partial charge in [-0.25, -0.2) is 4.98 Å². The number of aromatic amines is 1. The number of hydrogen-bond acceptors (Lipinski definition) is 7. The lowest BCUT2D eigenvalue weighted by Crippen LogP contribution is -2.08. The largest absolute Gasteiger partial charge is 0.369 e. The molecule has 0 atom stereocenters. The Hall–Kier alpha value is -2.22. The molecule has 0 aliphatic heterocycles. The summed E-state index contributed by atoms with van der Waals surface area (Å²) in [5.41, 5.74) is 7.37. The summed E-state index contributed by atoms with van der Waals surface area (Å²) < 4.78 is 0. The number of aryl methyl sites for hydroxylation is 1. The second-order valence-corrected chi connectivity index (χ2v) is 5.16. The minimum Gasteiger partial charge on any atom is -0.369 e. The third-order valence-electron chi connectivity index (χ3n) is 2.67. The zero-order valence-corrected chi connectivity index (χ0v) is 11.2. The van der Waals surface area contributed by atoms with E-state index < -0.39 is 0 Å². The minimum atomic E-state index is 0.226. The highest BCUT2D eigenvalue weighted by Crippen LogP contribution is 2.18. The smallest absolute Gasteiger partial charge is 0.224 e. The molecule has 98 valence electrons. The van der Waals surface area contributed by atoms with Gasteiger partial charge in [-0.15, -0.1) is 11.3 Å². The van der Waals surface area contributed by atoms with Gasteiger partial charge < -0.3 is 11.1 Å². The van der Waals surface area contributed by atoms with Crippen molar-refractivity contribution >= 4 is 34.1 Å². The van der Waals surface area contributed by atoms with Crippen molar-refractivity contribution in [2.75, 3.05) is 17.6 Å². The van der Waals surface area contributed by atoms with Gasteiger partial charge in [-0.05, 0) is 6.92 Å². The normalized spacial score (nSPS) is 11.0. The highest BCUT2D eigenvalue weighted by Gasteiger charge is 2.07. The van der Waals surface area contributed by atoms with Gasteiger partial charge in [0, 0.05) is 18.3 Å². The lowest BCUT2D eigenvalue weighted by molar-refractivity contribution is 0.961. The summed E-state index contributed by atoms with van der Waals surface area (Å²) in [6.07, 6.45) is 2.53. The lowest BCUT2D eigenvalue weighted by atomic mass is 10.3. The summed E-state index contributed by atoms with van der Waals surface area (Å²) in [7, 11) is 0. The molecule has 8 heteroatoms. The van der Waals surface area contributed by atoms with E-state index in [1.807, 2.05) is 6.92 Å². The Morgan fingerprint density at radius 3 is 3.05 bits per heavy atom. The zero-order chi connectivity index (χ0) is 13.2. The van der Waals surface area contributed by atoms with Crippen LogP contribution in [-0.4, -0.2) is 31.7 Å². The van der Waals surface area contributed by atoms with Gasteiger partial charge in [0.15, 0.2) is 5.65 Å². The van der Waals surface area contributed by atoms with Crippen LogP contribution in [0.2, 0.25) is 0 Å². The predicted molar refractivity (Wildman–Crippen MR) is 75.1 cm³/mol. The maximum atomic E-state index is 5.65. The topological polar surface area (TPSA) is 105 Å². The first-order chi connectivity index (χ1) is 9.22. The molecule has 4 N–H and O–H groups in total. The third kappa shape index (κ3) is 2.48. The highest BCUT2D eigenvalue weighted by atomic mass is 32.1.